The number of amides is 2. The third-order valence-electron chi connectivity index (χ3n) is 7.02. The number of hydrogen-bond acceptors (Lipinski definition) is 2. The molecule has 0 aromatic heterocycles. The van der Waals surface area contributed by atoms with Gasteiger partial charge in [-0.05, 0) is 66.9 Å². The average Bonchev–Trinajstić information content (AvgIpc) is 2.86. The van der Waals surface area contributed by atoms with Gasteiger partial charge in [0.15, 0.2) is 0 Å². The van der Waals surface area contributed by atoms with E-state index in [-0.39, 0.29) is 12.1 Å². The summed E-state index contributed by atoms with van der Waals surface area (Å²) in [5, 5.41) is 16.6. The van der Waals surface area contributed by atoms with Crippen molar-refractivity contribution in [3.63, 3.8) is 0 Å². The minimum absolute atomic E-state index is 0.103. The smallest absolute Gasteiger partial charge is 0.315 e. The van der Waals surface area contributed by atoms with Crippen LogP contribution in [0.3, 0.4) is 0 Å². The van der Waals surface area contributed by atoms with Crippen LogP contribution < -0.4 is 10.6 Å². The van der Waals surface area contributed by atoms with Crippen LogP contribution in [0.4, 0.5) is 4.79 Å². The molecule has 5 aliphatic carbocycles. The molecule has 3 N–H and O–H groups in total. The normalized spacial score (nSPS) is 42.0. The molecule has 0 radical (unpaired) electrons. The van der Waals surface area contributed by atoms with E-state index in [0.29, 0.717) is 24.3 Å². The van der Waals surface area contributed by atoms with Gasteiger partial charge in [-0.25, -0.2) is 4.79 Å². The lowest BCUT2D eigenvalue weighted by Gasteiger charge is -2.54. The molecule has 4 heteroatoms. The summed E-state index contributed by atoms with van der Waals surface area (Å²) in [6.45, 7) is 0. The lowest BCUT2D eigenvalue weighted by molar-refractivity contribution is -0.00972. The number of fused-ring (bicyclic) bond motifs is 1. The van der Waals surface area contributed by atoms with Gasteiger partial charge in [0.1, 0.15) is 0 Å². The van der Waals surface area contributed by atoms with Crippen LogP contribution in [0.5, 0.6) is 0 Å². The van der Waals surface area contributed by atoms with E-state index < -0.39 is 6.10 Å². The zero-order valence-corrected chi connectivity index (χ0v) is 13.9. The number of carbonyl (C=O) groups is 1. The van der Waals surface area contributed by atoms with E-state index in [2.05, 4.69) is 10.6 Å². The second kappa shape index (κ2) is 5.48. The van der Waals surface area contributed by atoms with Crippen molar-refractivity contribution in [2.24, 2.45) is 23.7 Å². The summed E-state index contributed by atoms with van der Waals surface area (Å²) in [6, 6.07) is 7.97. The van der Waals surface area contributed by atoms with Gasteiger partial charge in [-0.1, -0.05) is 24.3 Å². The summed E-state index contributed by atoms with van der Waals surface area (Å²) in [5.74, 6) is 3.18. The van der Waals surface area contributed by atoms with Gasteiger partial charge in [0, 0.05) is 12.5 Å². The van der Waals surface area contributed by atoms with Crippen molar-refractivity contribution < 1.29 is 9.90 Å². The van der Waals surface area contributed by atoms with Gasteiger partial charge in [-0.15, -0.1) is 0 Å². The third-order valence-corrected chi connectivity index (χ3v) is 7.02. The number of aliphatic hydroxyl groups is 1. The van der Waals surface area contributed by atoms with Crippen molar-refractivity contribution in [3.8, 4) is 0 Å². The molecule has 1 aromatic carbocycles. The summed E-state index contributed by atoms with van der Waals surface area (Å²) in [4.78, 5) is 12.6. The van der Waals surface area contributed by atoms with Gasteiger partial charge >= 0.3 is 6.03 Å². The van der Waals surface area contributed by atoms with Gasteiger partial charge in [0.25, 0.3) is 0 Å². The van der Waals surface area contributed by atoms with Crippen LogP contribution in [0.2, 0.25) is 0 Å². The molecule has 2 atom stereocenters. The van der Waals surface area contributed by atoms with E-state index in [1.165, 1.54) is 32.1 Å². The van der Waals surface area contributed by atoms with Crippen LogP contribution in [-0.2, 0) is 6.42 Å². The number of benzene rings is 1. The molecule has 4 fully saturated rings. The lowest BCUT2D eigenvalue weighted by atomic mass is 9.54. The largest absolute Gasteiger partial charge is 0.390 e. The summed E-state index contributed by atoms with van der Waals surface area (Å²) >= 11 is 0. The highest BCUT2D eigenvalue weighted by Crippen LogP contribution is 2.53. The SMILES string of the molecule is O=C(NC1c2ccccc2CC1O)NC1C2CC3CC(C2)CC1C3. The van der Waals surface area contributed by atoms with Crippen molar-refractivity contribution >= 4 is 6.03 Å². The number of rotatable bonds is 2. The molecule has 2 amide bonds. The predicted molar refractivity (Wildman–Crippen MR) is 91.4 cm³/mol. The molecule has 128 valence electrons. The topological polar surface area (TPSA) is 61.4 Å². The Morgan fingerprint density at radius 1 is 0.958 bits per heavy atom. The summed E-state index contributed by atoms with van der Waals surface area (Å²) in [7, 11) is 0. The second-order valence-electron chi connectivity index (χ2n) is 8.52. The standard InChI is InChI=1S/C20H26N2O2/c23-17-10-13-3-1-2-4-16(13)19(17)22-20(24)21-18-14-6-11-5-12(8-14)9-15(18)7-11/h1-4,11-12,14-15,17-19,23H,5-10H2,(H2,21,22,24). The van der Waals surface area contributed by atoms with E-state index >= 15 is 0 Å². The fourth-order valence-electron chi connectivity index (χ4n) is 6.24. The van der Waals surface area contributed by atoms with E-state index in [0.717, 1.165) is 23.0 Å². The van der Waals surface area contributed by atoms with Crippen LogP contribution in [0.25, 0.3) is 0 Å². The maximum Gasteiger partial charge on any atom is 0.315 e. The van der Waals surface area contributed by atoms with Crippen LogP contribution in [-0.4, -0.2) is 23.3 Å². The Bertz CT molecular complexity index is 631. The molecular formula is C20H26N2O2. The Morgan fingerprint density at radius 2 is 1.62 bits per heavy atom. The Morgan fingerprint density at radius 3 is 2.33 bits per heavy atom. The molecular weight excluding hydrogens is 300 g/mol. The third kappa shape index (κ3) is 2.34. The number of hydrogen-bond donors (Lipinski definition) is 3. The monoisotopic (exact) mass is 326 g/mol. The quantitative estimate of drug-likeness (QED) is 0.782. The molecule has 4 nitrogen and oxygen atoms in total. The zero-order chi connectivity index (χ0) is 16.3. The average molecular weight is 326 g/mol. The molecule has 0 saturated heterocycles. The molecule has 2 unspecified atom stereocenters. The fraction of sp³-hybridized carbons (Fsp3) is 0.650. The number of urea groups is 1. The lowest BCUT2D eigenvalue weighted by Crippen LogP contribution is -2.58. The molecule has 4 bridgehead atoms. The van der Waals surface area contributed by atoms with Gasteiger partial charge in [-0.3, -0.25) is 0 Å². The summed E-state index contributed by atoms with van der Waals surface area (Å²) < 4.78 is 0. The molecule has 24 heavy (non-hydrogen) atoms. The molecule has 6 rings (SSSR count). The highest BCUT2D eigenvalue weighted by molar-refractivity contribution is 5.75. The first kappa shape index (κ1) is 14.8. The summed E-state index contributed by atoms with van der Waals surface area (Å²) in [6.07, 6.45) is 6.72. The van der Waals surface area contributed by atoms with E-state index in [1.54, 1.807) is 0 Å². The van der Waals surface area contributed by atoms with Crippen molar-refractivity contribution in [1.29, 1.82) is 0 Å². The van der Waals surface area contributed by atoms with E-state index in [9.17, 15) is 9.90 Å². The number of nitrogens with one attached hydrogen (secondary N) is 2. The molecule has 4 saturated carbocycles. The Kier molecular flexibility index (Phi) is 3.37. The maximum atomic E-state index is 12.6. The number of carbonyl (C=O) groups excluding carboxylic acids is 1. The predicted octanol–water partition coefficient (Wildman–Crippen LogP) is 2.77. The highest BCUT2D eigenvalue weighted by Gasteiger charge is 2.48. The minimum atomic E-state index is -0.522. The first-order valence-electron chi connectivity index (χ1n) is 9.50. The van der Waals surface area contributed by atoms with Gasteiger partial charge in [0.2, 0.25) is 0 Å². The van der Waals surface area contributed by atoms with Crippen molar-refractivity contribution in [1.82, 2.24) is 10.6 Å². The second-order valence-corrected chi connectivity index (χ2v) is 8.52. The van der Waals surface area contributed by atoms with Gasteiger partial charge in [-0.2, -0.15) is 0 Å². The van der Waals surface area contributed by atoms with Crippen LogP contribution in [0, 0.1) is 23.7 Å². The van der Waals surface area contributed by atoms with Crippen molar-refractivity contribution in [3.05, 3.63) is 35.4 Å². The molecule has 0 spiro atoms. The summed E-state index contributed by atoms with van der Waals surface area (Å²) in [5.41, 5.74) is 2.20. The molecule has 0 heterocycles. The zero-order valence-electron chi connectivity index (χ0n) is 13.9. The highest BCUT2D eigenvalue weighted by atomic mass is 16.3. The Hall–Kier alpha value is -1.55. The molecule has 0 aliphatic heterocycles. The maximum absolute atomic E-state index is 12.6. The molecule has 1 aromatic rings. The first-order valence-corrected chi connectivity index (χ1v) is 9.50. The van der Waals surface area contributed by atoms with Crippen molar-refractivity contribution in [2.75, 3.05) is 0 Å². The Labute approximate surface area is 143 Å². The van der Waals surface area contributed by atoms with Crippen LogP contribution >= 0.6 is 0 Å². The number of aliphatic hydroxyl groups excluding tert-OH is 1. The van der Waals surface area contributed by atoms with Crippen LogP contribution in [0.1, 0.15) is 49.3 Å². The van der Waals surface area contributed by atoms with Crippen molar-refractivity contribution in [2.45, 2.75) is 56.7 Å². The fourth-order valence-corrected chi connectivity index (χ4v) is 6.24. The molecule has 5 aliphatic rings. The van der Waals surface area contributed by atoms with Gasteiger partial charge in [0.05, 0.1) is 12.1 Å². The van der Waals surface area contributed by atoms with Gasteiger partial charge < -0.3 is 15.7 Å². The first-order chi connectivity index (χ1) is 11.7. The minimum Gasteiger partial charge on any atom is -0.390 e. The van der Waals surface area contributed by atoms with E-state index in [4.69, 9.17) is 0 Å². The van der Waals surface area contributed by atoms with Crippen LogP contribution in [0.15, 0.2) is 24.3 Å². The Balaban J connectivity index is 1.27. The van der Waals surface area contributed by atoms with E-state index in [1.807, 2.05) is 24.3 Å².